The molecule has 2 aromatic rings. The molecule has 1 unspecified atom stereocenters. The minimum Gasteiger partial charge on any atom is -0.309 e. The fourth-order valence-electron chi connectivity index (χ4n) is 2.30. The van der Waals surface area contributed by atoms with Crippen molar-refractivity contribution >= 4 is 5.52 Å². The molecule has 3 heterocycles. The molecule has 0 spiro atoms. The summed E-state index contributed by atoms with van der Waals surface area (Å²) < 4.78 is 2.10. The molecule has 3 rings (SSSR count). The summed E-state index contributed by atoms with van der Waals surface area (Å²) in [6, 6.07) is 4.78. The van der Waals surface area contributed by atoms with E-state index in [0.29, 0.717) is 6.04 Å². The maximum Gasteiger partial charge on any atom is 0.0996 e. The largest absolute Gasteiger partial charge is 0.309 e. The van der Waals surface area contributed by atoms with Gasteiger partial charge in [0.1, 0.15) is 0 Å². The van der Waals surface area contributed by atoms with Crippen molar-refractivity contribution in [1.29, 1.82) is 0 Å². The van der Waals surface area contributed by atoms with Crippen LogP contribution in [0.15, 0.2) is 24.7 Å². The quantitative estimate of drug-likeness (QED) is 0.765. The van der Waals surface area contributed by atoms with Gasteiger partial charge >= 0.3 is 0 Å². The van der Waals surface area contributed by atoms with E-state index in [1.54, 1.807) is 0 Å². The first-order chi connectivity index (χ1) is 7.34. The summed E-state index contributed by atoms with van der Waals surface area (Å²) in [4.78, 5) is 4.52. The van der Waals surface area contributed by atoms with Crippen LogP contribution in [-0.2, 0) is 0 Å². The van der Waals surface area contributed by atoms with Gasteiger partial charge in [0, 0.05) is 6.20 Å². The first kappa shape index (κ1) is 8.92. The number of rotatable bonds is 1. The number of fused-ring (bicyclic) bond motifs is 1. The van der Waals surface area contributed by atoms with Crippen molar-refractivity contribution in [2.24, 2.45) is 0 Å². The summed E-state index contributed by atoms with van der Waals surface area (Å²) in [7, 11) is 0. The highest BCUT2D eigenvalue weighted by Gasteiger charge is 2.20. The lowest BCUT2D eigenvalue weighted by Gasteiger charge is -2.07. The molecule has 0 radical (unpaired) electrons. The average Bonchev–Trinajstić information content (AvgIpc) is 2.83. The van der Waals surface area contributed by atoms with Crippen LogP contribution in [0.3, 0.4) is 0 Å². The van der Waals surface area contributed by atoms with Gasteiger partial charge in [0.25, 0.3) is 0 Å². The number of imidazole rings is 1. The first-order valence-corrected chi connectivity index (χ1v) is 5.51. The van der Waals surface area contributed by atoms with Gasteiger partial charge in [-0.25, -0.2) is 4.98 Å². The highest BCUT2D eigenvalue weighted by Crippen LogP contribution is 2.25. The van der Waals surface area contributed by atoms with E-state index in [-0.39, 0.29) is 0 Å². The zero-order valence-electron chi connectivity index (χ0n) is 8.90. The van der Waals surface area contributed by atoms with Gasteiger partial charge in [-0.15, -0.1) is 0 Å². The van der Waals surface area contributed by atoms with Crippen molar-refractivity contribution in [3.63, 3.8) is 0 Å². The smallest absolute Gasteiger partial charge is 0.0996 e. The van der Waals surface area contributed by atoms with Gasteiger partial charge in [0.15, 0.2) is 0 Å². The normalized spacial score (nSPS) is 21.3. The Bertz CT molecular complexity index is 481. The van der Waals surface area contributed by atoms with Gasteiger partial charge in [0.2, 0.25) is 0 Å². The van der Waals surface area contributed by atoms with Gasteiger partial charge in [0.05, 0.1) is 23.6 Å². The van der Waals surface area contributed by atoms with Crippen LogP contribution in [0.4, 0.5) is 0 Å². The zero-order chi connectivity index (χ0) is 10.3. The molecule has 0 amide bonds. The Morgan fingerprint density at radius 3 is 3.27 bits per heavy atom. The van der Waals surface area contributed by atoms with E-state index in [4.69, 9.17) is 0 Å². The minimum atomic E-state index is 0.455. The Morgan fingerprint density at radius 2 is 2.47 bits per heavy atom. The molecule has 1 saturated heterocycles. The van der Waals surface area contributed by atoms with Crippen LogP contribution in [0, 0.1) is 6.92 Å². The van der Waals surface area contributed by atoms with E-state index >= 15 is 0 Å². The lowest BCUT2D eigenvalue weighted by molar-refractivity contribution is 0.636. The van der Waals surface area contributed by atoms with Crippen LogP contribution < -0.4 is 5.32 Å². The Morgan fingerprint density at radius 1 is 1.53 bits per heavy atom. The minimum absolute atomic E-state index is 0.455. The van der Waals surface area contributed by atoms with E-state index in [2.05, 4.69) is 40.0 Å². The third-order valence-corrected chi connectivity index (χ3v) is 3.11. The van der Waals surface area contributed by atoms with E-state index in [0.717, 1.165) is 6.54 Å². The molecule has 3 heteroatoms. The van der Waals surface area contributed by atoms with Crippen molar-refractivity contribution in [2.75, 3.05) is 6.54 Å². The Labute approximate surface area is 89.1 Å². The molecule has 2 aromatic heterocycles. The van der Waals surface area contributed by atoms with Gasteiger partial charge in [-0.2, -0.15) is 0 Å². The summed E-state index contributed by atoms with van der Waals surface area (Å²) in [5.74, 6) is 0. The topological polar surface area (TPSA) is 29.3 Å². The fraction of sp³-hybridized carbons (Fsp3) is 0.417. The average molecular weight is 201 g/mol. The van der Waals surface area contributed by atoms with Crippen molar-refractivity contribution in [3.05, 3.63) is 35.9 Å². The molecule has 0 aliphatic carbocycles. The van der Waals surface area contributed by atoms with Gasteiger partial charge in [-0.1, -0.05) is 0 Å². The SMILES string of the molecule is Cc1ccn2cnc(C3CCCN3)c2c1. The van der Waals surface area contributed by atoms with Gasteiger partial charge < -0.3 is 9.72 Å². The molecule has 1 aliphatic rings. The lowest BCUT2D eigenvalue weighted by atomic mass is 10.1. The van der Waals surface area contributed by atoms with Crippen molar-refractivity contribution in [1.82, 2.24) is 14.7 Å². The van der Waals surface area contributed by atoms with Crippen LogP contribution in [-0.4, -0.2) is 15.9 Å². The second kappa shape index (κ2) is 3.35. The van der Waals surface area contributed by atoms with Gasteiger partial charge in [-0.3, -0.25) is 0 Å². The summed E-state index contributed by atoms with van der Waals surface area (Å²) in [5.41, 5.74) is 3.74. The molecule has 0 aromatic carbocycles. The van der Waals surface area contributed by atoms with E-state index < -0.39 is 0 Å². The number of aryl methyl sites for hydroxylation is 1. The Kier molecular flexibility index (Phi) is 1.99. The second-order valence-electron chi connectivity index (χ2n) is 4.28. The monoisotopic (exact) mass is 201 g/mol. The molecule has 1 atom stereocenters. The number of aromatic nitrogens is 2. The fourth-order valence-corrected chi connectivity index (χ4v) is 2.30. The summed E-state index contributed by atoms with van der Waals surface area (Å²) in [5, 5.41) is 3.49. The maximum absolute atomic E-state index is 4.52. The van der Waals surface area contributed by atoms with E-state index in [1.807, 2.05) is 6.33 Å². The summed E-state index contributed by atoms with van der Waals surface area (Å²) >= 11 is 0. The van der Waals surface area contributed by atoms with Gasteiger partial charge in [-0.05, 0) is 44.0 Å². The molecule has 1 N–H and O–H groups in total. The number of nitrogens with one attached hydrogen (secondary N) is 1. The van der Waals surface area contributed by atoms with Crippen LogP contribution in [0.25, 0.3) is 5.52 Å². The standard InChI is InChI=1S/C12H15N3/c1-9-4-6-15-8-14-12(11(15)7-9)10-3-2-5-13-10/h4,6-8,10,13H,2-3,5H2,1H3. The summed E-state index contributed by atoms with van der Waals surface area (Å²) in [6.45, 7) is 3.24. The van der Waals surface area contributed by atoms with Crippen LogP contribution >= 0.6 is 0 Å². The Balaban J connectivity index is 2.13. The molecule has 0 bridgehead atoms. The number of hydrogen-bond acceptors (Lipinski definition) is 2. The van der Waals surface area contributed by atoms with Crippen LogP contribution in [0.2, 0.25) is 0 Å². The Hall–Kier alpha value is -1.35. The molecular formula is C12H15N3. The zero-order valence-corrected chi connectivity index (χ0v) is 8.90. The second-order valence-corrected chi connectivity index (χ2v) is 4.28. The predicted molar refractivity (Wildman–Crippen MR) is 59.9 cm³/mol. The van der Waals surface area contributed by atoms with E-state index in [9.17, 15) is 0 Å². The predicted octanol–water partition coefficient (Wildman–Crippen LogP) is 2.07. The van der Waals surface area contributed by atoms with Crippen LogP contribution in [0.1, 0.15) is 30.1 Å². The van der Waals surface area contributed by atoms with Crippen molar-refractivity contribution < 1.29 is 0 Å². The molecule has 1 fully saturated rings. The third kappa shape index (κ3) is 1.43. The van der Waals surface area contributed by atoms with Crippen LogP contribution in [0.5, 0.6) is 0 Å². The summed E-state index contributed by atoms with van der Waals surface area (Å²) in [6.07, 6.45) is 6.45. The van der Waals surface area contributed by atoms with E-state index in [1.165, 1.54) is 29.6 Å². The molecular weight excluding hydrogens is 186 g/mol. The lowest BCUT2D eigenvalue weighted by Crippen LogP contribution is -2.13. The third-order valence-electron chi connectivity index (χ3n) is 3.11. The molecule has 78 valence electrons. The molecule has 1 aliphatic heterocycles. The van der Waals surface area contributed by atoms with Crippen molar-refractivity contribution in [2.45, 2.75) is 25.8 Å². The number of nitrogens with zero attached hydrogens (tertiary/aromatic N) is 2. The maximum atomic E-state index is 4.52. The highest BCUT2D eigenvalue weighted by atomic mass is 15.0. The first-order valence-electron chi connectivity index (χ1n) is 5.51. The highest BCUT2D eigenvalue weighted by molar-refractivity contribution is 5.55. The number of hydrogen-bond donors (Lipinski definition) is 1. The van der Waals surface area contributed by atoms with Crippen molar-refractivity contribution in [3.8, 4) is 0 Å². The molecule has 0 saturated carbocycles. The molecule has 15 heavy (non-hydrogen) atoms. The number of pyridine rings is 1. The molecule has 3 nitrogen and oxygen atoms in total.